The van der Waals surface area contributed by atoms with E-state index < -0.39 is 5.91 Å². The second kappa shape index (κ2) is 6.17. The van der Waals surface area contributed by atoms with Crippen LogP contribution in [0.25, 0.3) is 11.5 Å². The van der Waals surface area contributed by atoms with E-state index in [4.69, 9.17) is 4.42 Å². The predicted molar refractivity (Wildman–Crippen MR) is 79.9 cm³/mol. The smallest absolute Gasteiger partial charge is 0.309 e. The van der Waals surface area contributed by atoms with E-state index in [1.54, 1.807) is 12.4 Å². The monoisotopic (exact) mass is 294 g/mol. The molecule has 6 nitrogen and oxygen atoms in total. The second-order valence-electron chi connectivity index (χ2n) is 4.82. The molecule has 6 heteroatoms. The van der Waals surface area contributed by atoms with Crippen LogP contribution < -0.4 is 5.32 Å². The number of aromatic nitrogens is 3. The zero-order valence-corrected chi connectivity index (χ0v) is 12.0. The fraction of sp³-hybridized carbons (Fsp3) is 0.125. The van der Waals surface area contributed by atoms with Gasteiger partial charge in [-0.3, -0.25) is 9.78 Å². The minimum atomic E-state index is -0.400. The molecule has 0 spiro atoms. The molecule has 0 radical (unpaired) electrons. The number of carbonyl (C=O) groups excluding carboxylic acids is 1. The Bertz CT molecular complexity index is 766. The number of benzene rings is 1. The van der Waals surface area contributed by atoms with Crippen LogP contribution in [0.3, 0.4) is 0 Å². The average Bonchev–Trinajstić information content (AvgIpc) is 3.04. The first-order valence-corrected chi connectivity index (χ1v) is 6.80. The molecule has 1 amide bonds. The maximum Gasteiger partial charge on any atom is 0.309 e. The summed E-state index contributed by atoms with van der Waals surface area (Å²) in [5, 5.41) is 10.4. The summed E-state index contributed by atoms with van der Waals surface area (Å²) in [7, 11) is 0. The van der Waals surface area contributed by atoms with Gasteiger partial charge in [-0.15, -0.1) is 10.2 Å². The molecule has 1 N–H and O–H groups in total. The van der Waals surface area contributed by atoms with Crippen LogP contribution in [-0.4, -0.2) is 21.1 Å². The molecular weight excluding hydrogens is 280 g/mol. The number of pyridine rings is 1. The van der Waals surface area contributed by atoms with Crippen LogP contribution in [0.2, 0.25) is 0 Å². The van der Waals surface area contributed by atoms with Gasteiger partial charge in [0.05, 0.1) is 0 Å². The molecule has 0 fully saturated rings. The van der Waals surface area contributed by atoms with Crippen molar-refractivity contribution in [2.45, 2.75) is 13.5 Å². The number of amides is 1. The summed E-state index contributed by atoms with van der Waals surface area (Å²) in [5.41, 5.74) is 2.87. The molecule has 3 aromatic rings. The Labute approximate surface area is 127 Å². The molecule has 3 rings (SSSR count). The van der Waals surface area contributed by atoms with E-state index in [2.05, 4.69) is 20.5 Å². The van der Waals surface area contributed by atoms with Crippen molar-refractivity contribution in [3.8, 4) is 11.5 Å². The van der Waals surface area contributed by atoms with Crippen molar-refractivity contribution < 1.29 is 9.21 Å². The number of hydrogen-bond donors (Lipinski definition) is 1. The number of rotatable bonds is 4. The molecule has 2 aromatic heterocycles. The van der Waals surface area contributed by atoms with Gasteiger partial charge in [0, 0.05) is 24.5 Å². The zero-order chi connectivity index (χ0) is 15.4. The number of aryl methyl sites for hydroxylation is 1. The van der Waals surface area contributed by atoms with Crippen LogP contribution in [0.1, 0.15) is 21.8 Å². The highest BCUT2D eigenvalue weighted by atomic mass is 16.4. The fourth-order valence-electron chi connectivity index (χ4n) is 1.89. The van der Waals surface area contributed by atoms with Gasteiger partial charge in [0.2, 0.25) is 5.89 Å². The minimum absolute atomic E-state index is 0.0513. The Balaban J connectivity index is 1.68. The van der Waals surface area contributed by atoms with Crippen LogP contribution >= 0.6 is 0 Å². The van der Waals surface area contributed by atoms with Crippen molar-refractivity contribution >= 4 is 5.91 Å². The first-order valence-electron chi connectivity index (χ1n) is 6.80. The topological polar surface area (TPSA) is 80.9 Å². The van der Waals surface area contributed by atoms with Gasteiger partial charge in [-0.25, -0.2) is 0 Å². The van der Waals surface area contributed by atoms with Gasteiger partial charge >= 0.3 is 11.8 Å². The molecule has 2 heterocycles. The summed E-state index contributed by atoms with van der Waals surface area (Å²) in [6.07, 6.45) is 3.34. The van der Waals surface area contributed by atoms with Gasteiger partial charge in [0.15, 0.2) is 0 Å². The van der Waals surface area contributed by atoms with E-state index in [1.807, 2.05) is 43.3 Å². The lowest BCUT2D eigenvalue weighted by Crippen LogP contribution is -2.23. The number of carbonyl (C=O) groups is 1. The number of nitrogens with zero attached hydrogens (tertiary/aromatic N) is 3. The van der Waals surface area contributed by atoms with Crippen molar-refractivity contribution in [1.82, 2.24) is 20.5 Å². The van der Waals surface area contributed by atoms with Crippen molar-refractivity contribution in [2.24, 2.45) is 0 Å². The summed E-state index contributed by atoms with van der Waals surface area (Å²) in [6.45, 7) is 2.37. The van der Waals surface area contributed by atoms with Crippen molar-refractivity contribution in [3.05, 3.63) is 65.8 Å². The highest BCUT2D eigenvalue weighted by Gasteiger charge is 2.15. The molecule has 0 bridgehead atoms. The summed E-state index contributed by atoms with van der Waals surface area (Å²) in [5.74, 6) is -0.124. The molecule has 110 valence electrons. The zero-order valence-electron chi connectivity index (χ0n) is 12.0. The molecule has 0 aliphatic rings. The van der Waals surface area contributed by atoms with Crippen LogP contribution in [-0.2, 0) is 6.54 Å². The van der Waals surface area contributed by atoms with Gasteiger partial charge in [-0.05, 0) is 36.8 Å². The van der Waals surface area contributed by atoms with Gasteiger partial charge in [0.25, 0.3) is 0 Å². The summed E-state index contributed by atoms with van der Waals surface area (Å²) >= 11 is 0. The van der Waals surface area contributed by atoms with Crippen molar-refractivity contribution in [2.75, 3.05) is 0 Å². The Morgan fingerprint density at radius 2 is 1.82 bits per heavy atom. The van der Waals surface area contributed by atoms with E-state index in [-0.39, 0.29) is 5.89 Å². The van der Waals surface area contributed by atoms with E-state index in [9.17, 15) is 4.79 Å². The molecule has 22 heavy (non-hydrogen) atoms. The Morgan fingerprint density at radius 3 is 2.55 bits per heavy atom. The number of hydrogen-bond acceptors (Lipinski definition) is 5. The highest BCUT2D eigenvalue weighted by Crippen LogP contribution is 2.18. The summed E-state index contributed by atoms with van der Waals surface area (Å²) in [6, 6.07) is 11.3. The van der Waals surface area contributed by atoms with Crippen LogP contribution in [0, 0.1) is 6.92 Å². The maximum absolute atomic E-state index is 12.0. The van der Waals surface area contributed by atoms with E-state index in [1.165, 1.54) is 0 Å². The molecule has 0 aliphatic carbocycles. The third kappa shape index (κ3) is 3.17. The van der Waals surface area contributed by atoms with Crippen molar-refractivity contribution in [3.63, 3.8) is 0 Å². The van der Waals surface area contributed by atoms with E-state index in [0.717, 1.165) is 16.7 Å². The maximum atomic E-state index is 12.0. The lowest BCUT2D eigenvalue weighted by molar-refractivity contribution is 0.0917. The molecule has 0 aliphatic heterocycles. The third-order valence-corrected chi connectivity index (χ3v) is 3.12. The SMILES string of the molecule is Cc1ccc(-c2nnc(C(=O)NCc3ccncc3)o2)cc1. The molecular formula is C16H14N4O2. The Hall–Kier alpha value is -3.02. The standard InChI is InChI=1S/C16H14N4O2/c1-11-2-4-13(5-3-11)15-19-20-16(22-15)14(21)18-10-12-6-8-17-9-7-12/h2-9H,10H2,1H3,(H,18,21). The minimum Gasteiger partial charge on any atom is -0.412 e. The lowest BCUT2D eigenvalue weighted by atomic mass is 10.1. The van der Waals surface area contributed by atoms with Gasteiger partial charge in [0.1, 0.15) is 0 Å². The van der Waals surface area contributed by atoms with Gasteiger partial charge in [-0.1, -0.05) is 17.7 Å². The number of nitrogens with one attached hydrogen (secondary N) is 1. The predicted octanol–water partition coefficient (Wildman–Crippen LogP) is 2.37. The average molecular weight is 294 g/mol. The van der Waals surface area contributed by atoms with Gasteiger partial charge < -0.3 is 9.73 Å². The molecule has 0 unspecified atom stereocenters. The highest BCUT2D eigenvalue weighted by molar-refractivity contribution is 5.89. The lowest BCUT2D eigenvalue weighted by Gasteiger charge is -2.01. The first kappa shape index (κ1) is 13.9. The molecule has 0 saturated carbocycles. The molecule has 0 atom stereocenters. The normalized spacial score (nSPS) is 10.4. The largest absolute Gasteiger partial charge is 0.412 e. The molecule has 0 saturated heterocycles. The quantitative estimate of drug-likeness (QED) is 0.799. The summed E-state index contributed by atoms with van der Waals surface area (Å²) < 4.78 is 5.41. The van der Waals surface area contributed by atoms with Crippen LogP contribution in [0.4, 0.5) is 0 Å². The van der Waals surface area contributed by atoms with Crippen LogP contribution in [0.5, 0.6) is 0 Å². The van der Waals surface area contributed by atoms with Crippen LogP contribution in [0.15, 0.2) is 53.2 Å². The van der Waals surface area contributed by atoms with E-state index >= 15 is 0 Å². The Kier molecular flexibility index (Phi) is 3.91. The van der Waals surface area contributed by atoms with Gasteiger partial charge in [-0.2, -0.15) is 0 Å². The fourth-order valence-corrected chi connectivity index (χ4v) is 1.89. The van der Waals surface area contributed by atoms with Crippen molar-refractivity contribution in [1.29, 1.82) is 0 Å². The van der Waals surface area contributed by atoms with E-state index in [0.29, 0.717) is 12.4 Å². The molecule has 1 aromatic carbocycles. The summed E-state index contributed by atoms with van der Waals surface area (Å²) in [4.78, 5) is 15.9. The Morgan fingerprint density at radius 1 is 1.09 bits per heavy atom. The first-order chi connectivity index (χ1) is 10.7. The second-order valence-corrected chi connectivity index (χ2v) is 4.82. The third-order valence-electron chi connectivity index (χ3n) is 3.12.